The maximum Gasteiger partial charge on any atom is 0.522 e. The van der Waals surface area contributed by atoms with Crippen LogP contribution >= 0.6 is 0 Å². The Bertz CT molecular complexity index is 557. The first kappa shape index (κ1) is 24.9. The lowest BCUT2D eigenvalue weighted by atomic mass is 10.5. The van der Waals surface area contributed by atoms with E-state index in [1.807, 2.05) is 0 Å². The van der Waals surface area contributed by atoms with Gasteiger partial charge in [-0.15, -0.1) is 0 Å². The molecular weight excluding hydrogens is 398 g/mol. The van der Waals surface area contributed by atoms with E-state index in [1.54, 1.807) is 27.7 Å². The van der Waals surface area contributed by atoms with Crippen molar-refractivity contribution in [3.63, 3.8) is 0 Å². The van der Waals surface area contributed by atoms with Crippen LogP contribution in [0, 0.1) is 0 Å². The lowest BCUT2D eigenvalue weighted by Crippen LogP contribution is -2.35. The second kappa shape index (κ2) is 8.13. The van der Waals surface area contributed by atoms with Crippen LogP contribution in [0.15, 0.2) is 0 Å². The molecular formula is C8H14F6O6S2Si-. The fraction of sp³-hybridized carbons (Fsp3) is 1.00. The lowest BCUT2D eigenvalue weighted by molar-refractivity contribution is -0.0519. The normalized spacial score (nSPS) is 14.2. The van der Waals surface area contributed by atoms with Crippen molar-refractivity contribution >= 4 is 29.3 Å². The maximum atomic E-state index is 12.0. The molecule has 0 spiro atoms. The maximum absolute atomic E-state index is 12.0. The van der Waals surface area contributed by atoms with Crippen molar-refractivity contribution in [2.45, 2.75) is 49.8 Å². The van der Waals surface area contributed by atoms with Crippen LogP contribution in [0.1, 0.15) is 27.7 Å². The van der Waals surface area contributed by atoms with Crippen molar-refractivity contribution in [2.75, 3.05) is 0 Å². The van der Waals surface area contributed by atoms with E-state index in [4.69, 9.17) is 13.0 Å². The molecule has 0 atom stereocenters. The highest BCUT2D eigenvalue weighted by molar-refractivity contribution is 7.88. The highest BCUT2D eigenvalue weighted by atomic mass is 32.2. The highest BCUT2D eigenvalue weighted by Crippen LogP contribution is 2.30. The van der Waals surface area contributed by atoms with Gasteiger partial charge in [0.25, 0.3) is 0 Å². The van der Waals surface area contributed by atoms with Gasteiger partial charge in [0.05, 0.1) is 0 Å². The molecule has 0 aromatic rings. The minimum atomic E-state index is -6.09. The molecule has 0 aromatic heterocycles. The van der Waals surface area contributed by atoms with Crippen LogP contribution in [-0.2, 0) is 24.1 Å². The Hall–Kier alpha value is -0.383. The van der Waals surface area contributed by atoms with Gasteiger partial charge >= 0.3 is 21.1 Å². The fourth-order valence-corrected chi connectivity index (χ4v) is 5.30. The molecule has 0 unspecified atom stereocenters. The molecule has 0 fully saturated rings. The van der Waals surface area contributed by atoms with Crippen LogP contribution in [-0.4, -0.2) is 41.4 Å². The molecule has 15 heteroatoms. The third-order valence-corrected chi connectivity index (χ3v) is 6.97. The van der Waals surface area contributed by atoms with Crippen molar-refractivity contribution in [1.29, 1.82) is 0 Å². The average Bonchev–Trinajstić information content (AvgIpc) is 2.21. The number of halogens is 6. The van der Waals surface area contributed by atoms with Crippen LogP contribution < -0.4 is 0 Å². The third-order valence-electron chi connectivity index (χ3n) is 1.91. The van der Waals surface area contributed by atoms with Gasteiger partial charge in [-0.2, -0.15) is 34.8 Å². The first-order valence-corrected chi connectivity index (χ1v) is 10.0. The van der Waals surface area contributed by atoms with E-state index >= 15 is 0 Å². The summed E-state index contributed by atoms with van der Waals surface area (Å²) >= 11 is 0. The summed E-state index contributed by atoms with van der Waals surface area (Å²) < 4.78 is 121. The van der Waals surface area contributed by atoms with Gasteiger partial charge in [-0.25, -0.2) is 8.42 Å². The number of hydrogen-bond donors (Lipinski definition) is 0. The van der Waals surface area contributed by atoms with Gasteiger partial charge < -0.3 is 8.42 Å². The molecule has 23 heavy (non-hydrogen) atoms. The molecule has 0 rings (SSSR count). The minimum absolute atomic E-state index is 0.202. The average molecular weight is 412 g/mol. The van der Waals surface area contributed by atoms with Crippen molar-refractivity contribution in [3.05, 3.63) is 0 Å². The van der Waals surface area contributed by atoms with E-state index in [1.165, 1.54) is 0 Å². The van der Waals surface area contributed by atoms with E-state index in [-0.39, 0.29) is 11.1 Å². The summed E-state index contributed by atoms with van der Waals surface area (Å²) in [4.78, 5) is 0. The van der Waals surface area contributed by atoms with Gasteiger partial charge in [0, 0.05) is 0 Å². The Morgan fingerprint density at radius 2 is 1.09 bits per heavy atom. The predicted molar refractivity (Wildman–Crippen MR) is 67.8 cm³/mol. The Labute approximate surface area is 131 Å². The molecule has 0 saturated heterocycles. The SMILES string of the molecule is CC(C)[Si](OS(=O)(=O)C(F)(F)F)C(C)C.O=S(=O)([O-])C(F)(F)F. The first-order valence-electron chi connectivity index (χ1n) is 5.63. The van der Waals surface area contributed by atoms with Crippen molar-refractivity contribution in [3.8, 4) is 0 Å². The molecule has 0 aliphatic rings. The minimum Gasteiger partial charge on any atom is -0.741 e. The summed E-state index contributed by atoms with van der Waals surface area (Å²) in [5.41, 5.74) is -11.4. The summed E-state index contributed by atoms with van der Waals surface area (Å²) in [5, 5.41) is 0. The first-order chi connectivity index (χ1) is 9.74. The molecule has 0 aliphatic carbocycles. The Balaban J connectivity index is 0. The molecule has 0 heterocycles. The molecule has 1 radical (unpaired) electrons. The lowest BCUT2D eigenvalue weighted by Gasteiger charge is -2.22. The smallest absolute Gasteiger partial charge is 0.522 e. The van der Waals surface area contributed by atoms with Crippen molar-refractivity contribution in [2.24, 2.45) is 0 Å². The number of alkyl halides is 6. The molecule has 141 valence electrons. The summed E-state index contributed by atoms with van der Waals surface area (Å²) in [6.45, 7) is 6.61. The van der Waals surface area contributed by atoms with Gasteiger partial charge in [0.2, 0.25) is 9.04 Å². The molecule has 0 aromatic carbocycles. The zero-order valence-corrected chi connectivity index (χ0v) is 14.8. The van der Waals surface area contributed by atoms with E-state index in [2.05, 4.69) is 3.87 Å². The van der Waals surface area contributed by atoms with Gasteiger partial charge in [-0.3, -0.25) is 0 Å². The number of hydrogen-bond acceptors (Lipinski definition) is 6. The zero-order valence-electron chi connectivity index (χ0n) is 12.2. The topological polar surface area (TPSA) is 101 Å². The van der Waals surface area contributed by atoms with Gasteiger partial charge in [-0.05, 0) is 11.1 Å². The van der Waals surface area contributed by atoms with E-state index < -0.39 is 40.3 Å². The van der Waals surface area contributed by atoms with Crippen LogP contribution in [0.4, 0.5) is 26.3 Å². The Morgan fingerprint density at radius 3 is 1.22 bits per heavy atom. The second-order valence-electron chi connectivity index (χ2n) is 4.59. The Morgan fingerprint density at radius 1 is 0.826 bits per heavy atom. The predicted octanol–water partition coefficient (Wildman–Crippen LogP) is 2.72. The van der Waals surface area contributed by atoms with Gasteiger partial charge in [0.15, 0.2) is 10.1 Å². The molecule has 0 amide bonds. The molecule has 0 aliphatic heterocycles. The van der Waals surface area contributed by atoms with Crippen LogP contribution in [0.25, 0.3) is 0 Å². The largest absolute Gasteiger partial charge is 0.741 e. The van der Waals surface area contributed by atoms with Crippen molar-refractivity contribution < 1.29 is 51.6 Å². The standard InChI is InChI=1S/C7H14F3O3SSi.CHF3O3S/c1-5(2)15(6(3)4)13-14(11,12)7(8,9)10;2-1(3,4)8(5,6)7/h5-6H,1-4H3;(H,5,6,7)/p-1. The monoisotopic (exact) mass is 412 g/mol. The highest BCUT2D eigenvalue weighted by Gasteiger charge is 2.49. The zero-order chi connectivity index (χ0) is 19.4. The van der Waals surface area contributed by atoms with Crippen molar-refractivity contribution in [1.82, 2.24) is 0 Å². The van der Waals surface area contributed by atoms with Gasteiger partial charge in [0.1, 0.15) is 0 Å². The summed E-state index contributed by atoms with van der Waals surface area (Å²) in [6.07, 6.45) is 0. The van der Waals surface area contributed by atoms with Crippen LogP contribution in [0.3, 0.4) is 0 Å². The fourth-order valence-electron chi connectivity index (χ4n) is 1.03. The summed E-state index contributed by atoms with van der Waals surface area (Å²) in [6, 6.07) is 0. The molecule has 0 N–H and O–H groups in total. The van der Waals surface area contributed by atoms with Gasteiger partial charge in [-0.1, -0.05) is 27.7 Å². The third kappa shape index (κ3) is 8.87. The molecule has 0 saturated carbocycles. The second-order valence-corrected chi connectivity index (χ2v) is 11.1. The van der Waals surface area contributed by atoms with E-state index in [0.29, 0.717) is 0 Å². The molecule has 6 nitrogen and oxygen atoms in total. The van der Waals surface area contributed by atoms with E-state index in [0.717, 1.165) is 0 Å². The van der Waals surface area contributed by atoms with Crippen LogP contribution in [0.5, 0.6) is 0 Å². The van der Waals surface area contributed by atoms with Crippen LogP contribution in [0.2, 0.25) is 11.1 Å². The summed E-state index contributed by atoms with van der Waals surface area (Å²) in [5.74, 6) is 0. The summed E-state index contributed by atoms with van der Waals surface area (Å²) in [7, 11) is -13.6. The van der Waals surface area contributed by atoms with E-state index in [9.17, 15) is 34.8 Å². The number of rotatable bonds is 4. The molecule has 0 bridgehead atoms. The quantitative estimate of drug-likeness (QED) is 0.305. The Kier molecular flexibility index (Phi) is 8.79.